The number of rotatable bonds is 4. The van der Waals surface area contributed by atoms with E-state index in [-0.39, 0.29) is 27.6 Å². The number of nitro benzene ring substituents is 1. The molecule has 0 atom stereocenters. The van der Waals surface area contributed by atoms with Gasteiger partial charge in [0.15, 0.2) is 4.83 Å². The number of hydrogen-bond acceptors (Lipinski definition) is 5. The Balaban J connectivity index is 0.00000176. The third-order valence-electron chi connectivity index (χ3n) is 3.14. The summed E-state index contributed by atoms with van der Waals surface area (Å²) in [5, 5.41) is 14.9. The molecule has 0 aliphatic rings. The maximum absolute atomic E-state index is 10.7. The van der Waals surface area contributed by atoms with Crippen LogP contribution in [0.4, 0.5) is 5.69 Å². The number of benzene rings is 1. The van der Waals surface area contributed by atoms with Crippen LogP contribution in [-0.2, 0) is 6.54 Å². The summed E-state index contributed by atoms with van der Waals surface area (Å²) >= 11 is 3.30. The summed E-state index contributed by atoms with van der Waals surface area (Å²) in [5.74, 6) is 0. The molecule has 0 aliphatic heterocycles. The standard InChI is InChI=1S/C14H12N3O2S2.BrH/c1-20-13-12-6-7-21-14(12)16(9-15-13)8-10-2-4-11(5-3-10)17(18)19;/h2-7,9H,8H2,1H3;1H/q+1;/p-1. The van der Waals surface area contributed by atoms with Gasteiger partial charge in [0, 0.05) is 12.1 Å². The van der Waals surface area contributed by atoms with Gasteiger partial charge in [-0.05, 0) is 40.4 Å². The normalized spacial score (nSPS) is 10.4. The summed E-state index contributed by atoms with van der Waals surface area (Å²) in [5.41, 5.74) is 1.12. The number of nitrogens with zero attached hydrogens (tertiary/aromatic N) is 3. The minimum Gasteiger partial charge on any atom is -1.00 e. The molecule has 0 radical (unpaired) electrons. The minimum absolute atomic E-state index is 0. The van der Waals surface area contributed by atoms with E-state index < -0.39 is 0 Å². The zero-order valence-electron chi connectivity index (χ0n) is 11.6. The number of fused-ring (bicyclic) bond motifs is 1. The topological polar surface area (TPSA) is 59.9 Å². The summed E-state index contributed by atoms with van der Waals surface area (Å²) in [7, 11) is 0. The molecule has 0 bridgehead atoms. The van der Waals surface area contributed by atoms with Crippen LogP contribution in [0, 0.1) is 10.1 Å². The average molecular weight is 398 g/mol. The largest absolute Gasteiger partial charge is 1.00 e. The molecule has 0 fully saturated rings. The highest BCUT2D eigenvalue weighted by molar-refractivity contribution is 7.98. The fourth-order valence-corrected chi connectivity index (χ4v) is 3.60. The Bertz CT molecular complexity index is 805. The van der Waals surface area contributed by atoms with Gasteiger partial charge in [-0.3, -0.25) is 10.1 Å². The predicted molar refractivity (Wildman–Crippen MR) is 83.8 cm³/mol. The van der Waals surface area contributed by atoms with Crippen molar-refractivity contribution in [2.75, 3.05) is 6.26 Å². The lowest BCUT2D eigenvalue weighted by Gasteiger charge is -2.02. The van der Waals surface area contributed by atoms with E-state index in [0.717, 1.165) is 20.8 Å². The molecule has 0 saturated carbocycles. The van der Waals surface area contributed by atoms with E-state index >= 15 is 0 Å². The Hall–Kier alpha value is -1.51. The summed E-state index contributed by atoms with van der Waals surface area (Å²) in [6.45, 7) is 0.649. The van der Waals surface area contributed by atoms with Crippen molar-refractivity contribution in [1.29, 1.82) is 0 Å². The maximum Gasteiger partial charge on any atom is 0.288 e. The quantitative estimate of drug-likeness (QED) is 0.208. The third-order valence-corrected chi connectivity index (χ3v) is 4.81. The van der Waals surface area contributed by atoms with Crippen molar-refractivity contribution in [3.63, 3.8) is 0 Å². The second kappa shape index (κ2) is 7.17. The number of thiophene rings is 1. The Morgan fingerprint density at radius 1 is 1.32 bits per heavy atom. The molecule has 0 amide bonds. The van der Waals surface area contributed by atoms with Crippen molar-refractivity contribution in [2.24, 2.45) is 0 Å². The Labute approximate surface area is 145 Å². The van der Waals surface area contributed by atoms with Gasteiger partial charge in [0.25, 0.3) is 12.0 Å². The van der Waals surface area contributed by atoms with Crippen LogP contribution in [0.25, 0.3) is 10.2 Å². The van der Waals surface area contributed by atoms with Gasteiger partial charge in [-0.1, -0.05) is 11.8 Å². The number of hydrogen-bond donors (Lipinski definition) is 0. The van der Waals surface area contributed by atoms with Gasteiger partial charge in [-0.25, -0.2) is 4.57 Å². The van der Waals surface area contributed by atoms with Crippen molar-refractivity contribution in [2.45, 2.75) is 11.6 Å². The Morgan fingerprint density at radius 2 is 2.05 bits per heavy atom. The van der Waals surface area contributed by atoms with Crippen LogP contribution in [0.1, 0.15) is 5.56 Å². The van der Waals surface area contributed by atoms with E-state index in [1.165, 1.54) is 12.1 Å². The fourth-order valence-electron chi connectivity index (χ4n) is 2.13. The number of halogens is 1. The SMILES string of the molecule is CSc1nc[n+](Cc2ccc([N+](=O)[O-])cc2)c2sccc12.[Br-]. The molecular formula is C14H12BrN3O2S2. The van der Waals surface area contributed by atoms with Gasteiger partial charge in [0.05, 0.1) is 10.3 Å². The summed E-state index contributed by atoms with van der Waals surface area (Å²) in [6, 6.07) is 8.71. The molecule has 8 heteroatoms. The first-order chi connectivity index (χ1) is 10.2. The smallest absolute Gasteiger partial charge is 0.288 e. The van der Waals surface area contributed by atoms with Crippen molar-refractivity contribution in [3.05, 3.63) is 57.7 Å². The zero-order valence-corrected chi connectivity index (χ0v) is 14.8. The lowest BCUT2D eigenvalue weighted by atomic mass is 10.2. The molecule has 114 valence electrons. The van der Waals surface area contributed by atoms with Crippen molar-refractivity contribution >= 4 is 39.0 Å². The monoisotopic (exact) mass is 397 g/mol. The van der Waals surface area contributed by atoms with Gasteiger partial charge >= 0.3 is 0 Å². The van der Waals surface area contributed by atoms with E-state index in [2.05, 4.69) is 21.0 Å². The molecule has 5 nitrogen and oxygen atoms in total. The van der Waals surface area contributed by atoms with Crippen LogP contribution in [0.15, 0.2) is 47.1 Å². The molecule has 1 aromatic carbocycles. The minimum atomic E-state index is -0.386. The summed E-state index contributed by atoms with van der Waals surface area (Å²) < 4.78 is 2.07. The molecule has 3 rings (SSSR count). The van der Waals surface area contributed by atoms with Crippen molar-refractivity contribution < 1.29 is 26.5 Å². The fraction of sp³-hybridized carbons (Fsp3) is 0.143. The maximum atomic E-state index is 10.7. The molecule has 0 spiro atoms. The van der Waals surface area contributed by atoms with E-state index in [4.69, 9.17) is 0 Å². The van der Waals surface area contributed by atoms with E-state index in [9.17, 15) is 10.1 Å². The van der Waals surface area contributed by atoms with Gasteiger partial charge < -0.3 is 17.0 Å². The molecule has 0 unspecified atom stereocenters. The number of nitro groups is 1. The molecule has 22 heavy (non-hydrogen) atoms. The van der Waals surface area contributed by atoms with Gasteiger partial charge in [0.2, 0.25) is 5.03 Å². The highest BCUT2D eigenvalue weighted by atomic mass is 79.9. The van der Waals surface area contributed by atoms with Gasteiger partial charge in [-0.15, -0.1) is 11.3 Å². The molecule has 3 aromatic rings. The lowest BCUT2D eigenvalue weighted by Crippen LogP contribution is -3.00. The highest BCUT2D eigenvalue weighted by Gasteiger charge is 2.15. The summed E-state index contributed by atoms with van der Waals surface area (Å²) in [6.07, 6.45) is 3.84. The number of non-ortho nitro benzene ring substituents is 1. The average Bonchev–Trinajstić information content (AvgIpc) is 2.98. The van der Waals surface area contributed by atoms with Gasteiger partial charge in [-0.2, -0.15) is 0 Å². The van der Waals surface area contributed by atoms with Crippen LogP contribution in [-0.4, -0.2) is 16.2 Å². The molecular weight excluding hydrogens is 386 g/mol. The lowest BCUT2D eigenvalue weighted by molar-refractivity contribution is -0.663. The Kier molecular flexibility index (Phi) is 5.49. The van der Waals surface area contributed by atoms with E-state index in [0.29, 0.717) is 6.54 Å². The third kappa shape index (κ3) is 3.29. The van der Waals surface area contributed by atoms with E-state index in [1.807, 2.05) is 12.6 Å². The first kappa shape index (κ1) is 16.9. The van der Waals surface area contributed by atoms with Crippen LogP contribution < -0.4 is 21.5 Å². The number of thioether (sulfide) groups is 1. The first-order valence-corrected chi connectivity index (χ1v) is 8.32. The van der Waals surface area contributed by atoms with E-state index in [1.54, 1.807) is 35.2 Å². The second-order valence-electron chi connectivity index (χ2n) is 4.44. The molecule has 0 saturated heterocycles. The first-order valence-electron chi connectivity index (χ1n) is 6.22. The van der Waals surface area contributed by atoms with Crippen LogP contribution in [0.2, 0.25) is 0 Å². The van der Waals surface area contributed by atoms with Crippen molar-refractivity contribution in [1.82, 2.24) is 4.98 Å². The zero-order chi connectivity index (χ0) is 14.8. The van der Waals surface area contributed by atoms with Gasteiger partial charge in [0.1, 0.15) is 6.54 Å². The molecule has 0 N–H and O–H groups in total. The van der Waals surface area contributed by atoms with Crippen LogP contribution >= 0.6 is 23.1 Å². The second-order valence-corrected chi connectivity index (χ2v) is 6.13. The van der Waals surface area contributed by atoms with Crippen LogP contribution in [0.3, 0.4) is 0 Å². The highest BCUT2D eigenvalue weighted by Crippen LogP contribution is 2.25. The predicted octanol–water partition coefficient (Wildman–Crippen LogP) is 0.266. The molecule has 2 aromatic heterocycles. The van der Waals surface area contributed by atoms with Crippen LogP contribution in [0.5, 0.6) is 0 Å². The summed E-state index contributed by atoms with van der Waals surface area (Å²) in [4.78, 5) is 15.9. The van der Waals surface area contributed by atoms with Crippen molar-refractivity contribution in [3.8, 4) is 0 Å². The Morgan fingerprint density at radius 3 is 2.68 bits per heavy atom. The molecule has 2 heterocycles. The number of aromatic nitrogens is 2. The molecule has 0 aliphatic carbocycles.